The summed E-state index contributed by atoms with van der Waals surface area (Å²) in [4.78, 5) is 12.3. The van der Waals surface area contributed by atoms with Gasteiger partial charge in [0.1, 0.15) is 97.7 Å². The first-order chi connectivity index (χ1) is 36.1. The van der Waals surface area contributed by atoms with Crippen molar-refractivity contribution in [2.75, 3.05) is 33.0 Å². The largest absolute Gasteiger partial charge is 0.458 e. The number of piperidine rings is 1. The Hall–Kier alpha value is -1.41. The van der Waals surface area contributed by atoms with E-state index in [0.717, 1.165) is 51.5 Å². The average Bonchev–Trinajstić information content (AvgIpc) is 4.05. The fourth-order valence-corrected chi connectivity index (χ4v) is 16.5. The summed E-state index contributed by atoms with van der Waals surface area (Å²) in [7, 11) is 0. The van der Waals surface area contributed by atoms with E-state index in [-0.39, 0.29) is 41.0 Å². The molecule has 32 atom stereocenters. The Morgan fingerprint density at radius 1 is 0.605 bits per heavy atom. The number of aliphatic hydroxyl groups excluding tert-OH is 12. The third kappa shape index (κ3) is 9.93. The fraction of sp³-hybridized carbons (Fsp3) is 0.981. The van der Waals surface area contributed by atoms with Crippen molar-refractivity contribution in [2.24, 2.45) is 52.3 Å². The highest BCUT2D eigenvalue weighted by Crippen LogP contribution is 2.71. The number of aliphatic hydroxyl groups is 12. The minimum atomic E-state index is -2.01. The first kappa shape index (κ1) is 57.8. The highest BCUT2D eigenvalue weighted by molar-refractivity contribution is 5.66. The van der Waals surface area contributed by atoms with Crippen molar-refractivity contribution in [3.63, 3.8) is 0 Å². The van der Waals surface area contributed by atoms with E-state index in [4.69, 9.17) is 47.4 Å². The van der Waals surface area contributed by atoms with Crippen LogP contribution in [-0.2, 0) is 52.2 Å². The number of ether oxygens (including phenoxy) is 10. The minimum Gasteiger partial charge on any atom is -0.458 e. The molecule has 0 amide bonds. The van der Waals surface area contributed by atoms with Gasteiger partial charge >= 0.3 is 5.97 Å². The van der Waals surface area contributed by atoms with Crippen molar-refractivity contribution in [1.29, 1.82) is 0 Å². The number of esters is 1. The Morgan fingerprint density at radius 3 is 1.93 bits per heavy atom. The number of rotatable bonds is 12. The molecule has 4 saturated carbocycles. The van der Waals surface area contributed by atoms with E-state index < -0.39 is 149 Å². The van der Waals surface area contributed by atoms with Crippen molar-refractivity contribution in [2.45, 2.75) is 233 Å². The highest BCUT2D eigenvalue weighted by atomic mass is 16.8. The second-order valence-electron chi connectivity index (χ2n) is 24.7. The van der Waals surface area contributed by atoms with E-state index in [2.05, 4.69) is 33.0 Å². The van der Waals surface area contributed by atoms with Crippen LogP contribution in [0.3, 0.4) is 0 Å². The molecule has 6 aliphatic heterocycles. The lowest BCUT2D eigenvalue weighted by atomic mass is 9.44. The number of hydrogen-bond donors (Lipinski definition) is 13. The van der Waals surface area contributed by atoms with Gasteiger partial charge in [-0.2, -0.15) is 0 Å². The molecule has 0 radical (unpaired) electrons. The van der Waals surface area contributed by atoms with Gasteiger partial charge in [0.15, 0.2) is 30.9 Å². The third-order valence-corrected chi connectivity index (χ3v) is 20.5. The van der Waals surface area contributed by atoms with Crippen LogP contribution in [0.1, 0.15) is 92.4 Å². The zero-order valence-corrected chi connectivity index (χ0v) is 44.0. The first-order valence-corrected chi connectivity index (χ1v) is 27.8. The molecular weight excluding hydrogens is 1010 g/mol. The molecule has 24 heteroatoms. The molecule has 4 aliphatic carbocycles. The molecule has 24 nitrogen and oxygen atoms in total. The number of hydrogen-bond acceptors (Lipinski definition) is 24. The Morgan fingerprint density at radius 2 is 1.22 bits per heavy atom. The fourth-order valence-electron chi connectivity index (χ4n) is 16.5. The highest BCUT2D eigenvalue weighted by Gasteiger charge is 2.71. The number of carbonyl (C=O) groups is 1. The predicted molar refractivity (Wildman–Crippen MR) is 255 cm³/mol. The molecule has 436 valence electrons. The minimum absolute atomic E-state index is 0.0349. The molecule has 0 aromatic rings. The lowest BCUT2D eigenvalue weighted by Gasteiger charge is -2.61. The van der Waals surface area contributed by atoms with Crippen LogP contribution in [0.2, 0.25) is 0 Å². The van der Waals surface area contributed by atoms with Crippen LogP contribution in [-0.4, -0.2) is 241 Å². The average molecular weight is 1090 g/mol. The van der Waals surface area contributed by atoms with E-state index in [1.165, 1.54) is 6.92 Å². The van der Waals surface area contributed by atoms with E-state index in [9.17, 15) is 66.1 Å². The smallest absolute Gasteiger partial charge is 0.303 e. The number of carbonyl (C=O) groups excluding carboxylic acids is 1. The van der Waals surface area contributed by atoms with Crippen LogP contribution >= 0.6 is 0 Å². The molecule has 0 bridgehead atoms. The van der Waals surface area contributed by atoms with E-state index in [0.29, 0.717) is 48.3 Å². The standard InChI is InChI=1S/C52H85NO23/c1-20-12-33(68-22(3)57)52(53-15-20)21(2)34-29(76-52)14-27-25-7-6-23-13-24(8-10-50(23,4)26(25)9-11-51(27,34)5)69-47-42(66)39(63)43(32(18-56)72-47)73-49-45(75-48-41(65)38(62)36(60)30(16-54)70-48)44(37(61)31(17-55)71-49)74-46-40(64)35(59)28(58)19-67-46/h20-21,23-49,53-56,58-66H,6-19H2,1-5H3/t20-,21-,23-,24-,25+,26-,27-,28+,29-,30+,31+,32+,33-,34-,35-,36+,37+,38-,39-,40+,41+,42+,43-,44-,45+,46-,47+,48-,49-,50-,51-,52-/m0/s1. The van der Waals surface area contributed by atoms with Crippen LogP contribution < -0.4 is 5.32 Å². The maximum absolute atomic E-state index is 12.3. The summed E-state index contributed by atoms with van der Waals surface area (Å²) < 4.78 is 61.0. The molecule has 0 aromatic carbocycles. The monoisotopic (exact) mass is 1090 g/mol. The van der Waals surface area contributed by atoms with Crippen LogP contribution in [0, 0.1) is 52.3 Å². The molecule has 6 saturated heterocycles. The molecule has 10 fully saturated rings. The second kappa shape index (κ2) is 22.4. The normalized spacial score (nSPS) is 56.3. The van der Waals surface area contributed by atoms with Gasteiger partial charge in [-0.15, -0.1) is 0 Å². The van der Waals surface area contributed by atoms with E-state index >= 15 is 0 Å². The zero-order valence-electron chi connectivity index (χ0n) is 44.0. The Labute approximate surface area is 442 Å². The quantitative estimate of drug-likeness (QED) is 0.0678. The van der Waals surface area contributed by atoms with Gasteiger partial charge in [0, 0.05) is 19.4 Å². The Balaban J connectivity index is 0.809. The number of nitrogens with one attached hydrogen (secondary N) is 1. The van der Waals surface area contributed by atoms with Gasteiger partial charge < -0.3 is 109 Å². The maximum Gasteiger partial charge on any atom is 0.303 e. The molecule has 13 N–H and O–H groups in total. The molecule has 10 aliphatic rings. The van der Waals surface area contributed by atoms with Crippen LogP contribution in [0.5, 0.6) is 0 Å². The van der Waals surface area contributed by atoms with Gasteiger partial charge in [-0.1, -0.05) is 27.7 Å². The zero-order chi connectivity index (χ0) is 54.5. The Bertz CT molecular complexity index is 1990. The van der Waals surface area contributed by atoms with Crippen molar-refractivity contribution in [1.82, 2.24) is 5.32 Å². The molecule has 76 heavy (non-hydrogen) atoms. The predicted octanol–water partition coefficient (Wildman–Crippen LogP) is -3.16. The van der Waals surface area contributed by atoms with Gasteiger partial charge in [0.25, 0.3) is 0 Å². The molecule has 1 spiro atoms. The summed E-state index contributed by atoms with van der Waals surface area (Å²) in [5.41, 5.74) is -0.582. The molecule has 0 unspecified atom stereocenters. The third-order valence-electron chi connectivity index (χ3n) is 20.5. The van der Waals surface area contributed by atoms with Crippen LogP contribution in [0.15, 0.2) is 0 Å². The van der Waals surface area contributed by atoms with Gasteiger partial charge in [-0.05, 0) is 104 Å². The summed E-state index contributed by atoms with van der Waals surface area (Å²) in [5, 5.41) is 133. The van der Waals surface area contributed by atoms with Crippen molar-refractivity contribution >= 4 is 5.97 Å². The molecule has 10 rings (SSSR count). The SMILES string of the molecule is CC(=O)O[C@H]1C[C@H](C)CN[C@@]12O[C@H]1C[C@H]3[C@@H]4CC[C@H]5C[C@@H](O[C@@H]6O[C@H](CO)[C@H](O[C@@H]7O[C@H](CO)[C@@H](O)[C@H](O[C@@H]8OC[C@@H](O)[C@H](O)[C@H]8O)[C@H]7O[C@@H]7O[C@H](CO)[C@@H](O)[C@H](O)[C@H]7O)[C@@H](O)[C@H]6O)CC[C@]5(C)[C@H]4CC[C@]3(C)[C@H]1[C@@H]2C. The molecular formula is C52H85NO23. The molecule has 6 heterocycles. The van der Waals surface area contributed by atoms with E-state index in [1.807, 2.05) is 0 Å². The summed E-state index contributed by atoms with van der Waals surface area (Å²) in [6, 6.07) is 0. The second-order valence-corrected chi connectivity index (χ2v) is 24.7. The Kier molecular flexibility index (Phi) is 17.0. The van der Waals surface area contributed by atoms with Gasteiger partial charge in [-0.25, -0.2) is 0 Å². The topological polar surface area (TPSA) is 364 Å². The van der Waals surface area contributed by atoms with Gasteiger partial charge in [0.05, 0.1) is 38.6 Å². The van der Waals surface area contributed by atoms with Gasteiger partial charge in [0.2, 0.25) is 0 Å². The van der Waals surface area contributed by atoms with Crippen LogP contribution in [0.4, 0.5) is 0 Å². The summed E-state index contributed by atoms with van der Waals surface area (Å²) >= 11 is 0. The van der Waals surface area contributed by atoms with Crippen molar-refractivity contribution in [3.8, 4) is 0 Å². The van der Waals surface area contributed by atoms with Crippen molar-refractivity contribution in [3.05, 3.63) is 0 Å². The van der Waals surface area contributed by atoms with E-state index in [1.54, 1.807) is 0 Å². The molecule has 0 aromatic heterocycles. The number of fused-ring (bicyclic) bond motifs is 7. The lowest BCUT2D eigenvalue weighted by molar-refractivity contribution is -0.404. The lowest BCUT2D eigenvalue weighted by Crippen LogP contribution is -2.68. The summed E-state index contributed by atoms with van der Waals surface area (Å²) in [6.45, 7) is 8.66. The maximum atomic E-state index is 12.3. The first-order valence-electron chi connectivity index (χ1n) is 27.8. The van der Waals surface area contributed by atoms with Gasteiger partial charge in [-0.3, -0.25) is 10.1 Å². The van der Waals surface area contributed by atoms with Crippen LogP contribution in [0.25, 0.3) is 0 Å². The summed E-state index contributed by atoms with van der Waals surface area (Å²) in [5.74, 6) is 2.40. The van der Waals surface area contributed by atoms with Crippen molar-refractivity contribution < 1.29 is 113 Å². The summed E-state index contributed by atoms with van der Waals surface area (Å²) in [6.07, 6.45) is -25.5.